The first-order chi connectivity index (χ1) is 10.4. The molecule has 0 aliphatic rings. The lowest BCUT2D eigenvalue weighted by molar-refractivity contribution is -0.116. The van der Waals surface area contributed by atoms with Gasteiger partial charge in [0, 0.05) is 10.8 Å². The summed E-state index contributed by atoms with van der Waals surface area (Å²) in [6.07, 6.45) is 0. The predicted octanol–water partition coefficient (Wildman–Crippen LogP) is 2.82. The summed E-state index contributed by atoms with van der Waals surface area (Å²) in [6.45, 7) is 6.39. The van der Waals surface area contributed by atoms with Crippen LogP contribution in [0.3, 0.4) is 0 Å². The van der Waals surface area contributed by atoms with Crippen molar-refractivity contribution in [2.45, 2.75) is 32.7 Å². The number of hydrogen-bond donors (Lipinski definition) is 1. The number of aromatic nitrogens is 4. The molecule has 1 N–H and O–H groups in total. The normalized spacial score (nSPS) is 11.8. The van der Waals surface area contributed by atoms with E-state index in [1.54, 1.807) is 4.68 Å². The maximum absolute atomic E-state index is 12.1. The van der Waals surface area contributed by atoms with Crippen molar-refractivity contribution in [1.82, 2.24) is 20.0 Å². The van der Waals surface area contributed by atoms with Crippen LogP contribution in [0.25, 0.3) is 11.0 Å². The number of anilines is 1. The molecule has 7 heteroatoms. The molecule has 0 spiro atoms. The van der Waals surface area contributed by atoms with Crippen molar-refractivity contribution in [3.8, 4) is 0 Å². The van der Waals surface area contributed by atoms with Gasteiger partial charge in [-0.05, 0) is 12.1 Å². The molecule has 22 heavy (non-hydrogen) atoms. The maximum Gasteiger partial charge on any atom is 0.247 e. The van der Waals surface area contributed by atoms with Crippen LogP contribution in [0.1, 0.15) is 26.5 Å². The number of para-hydroxylation sites is 1. The number of nitrogens with zero attached hydrogens (tertiary/aromatic N) is 4. The highest BCUT2D eigenvalue weighted by molar-refractivity contribution is 7.13. The zero-order valence-electron chi connectivity index (χ0n) is 12.7. The smallest absolute Gasteiger partial charge is 0.247 e. The van der Waals surface area contributed by atoms with Crippen molar-refractivity contribution in [1.29, 1.82) is 0 Å². The summed E-state index contributed by atoms with van der Waals surface area (Å²) in [4.78, 5) is 16.6. The van der Waals surface area contributed by atoms with Gasteiger partial charge in [0.15, 0.2) is 5.13 Å². The Morgan fingerprint density at radius 3 is 2.82 bits per heavy atom. The molecule has 0 aliphatic carbocycles. The van der Waals surface area contributed by atoms with E-state index in [4.69, 9.17) is 0 Å². The molecule has 0 unspecified atom stereocenters. The third-order valence-electron chi connectivity index (χ3n) is 3.23. The van der Waals surface area contributed by atoms with Gasteiger partial charge in [0.1, 0.15) is 12.1 Å². The molecule has 3 aromatic rings. The Balaban J connectivity index is 1.71. The summed E-state index contributed by atoms with van der Waals surface area (Å²) in [5.74, 6) is -0.162. The van der Waals surface area contributed by atoms with Crippen LogP contribution < -0.4 is 5.32 Å². The van der Waals surface area contributed by atoms with Gasteiger partial charge in [-0.1, -0.05) is 38.1 Å². The molecule has 2 aromatic heterocycles. The summed E-state index contributed by atoms with van der Waals surface area (Å²) in [6, 6.07) is 7.55. The van der Waals surface area contributed by atoms with E-state index < -0.39 is 0 Å². The van der Waals surface area contributed by atoms with Crippen molar-refractivity contribution in [2.24, 2.45) is 0 Å². The molecule has 1 amide bonds. The summed E-state index contributed by atoms with van der Waals surface area (Å²) >= 11 is 1.43. The molecule has 0 atom stereocenters. The zero-order valence-corrected chi connectivity index (χ0v) is 13.5. The quantitative estimate of drug-likeness (QED) is 0.806. The van der Waals surface area contributed by atoms with Crippen LogP contribution in [0.15, 0.2) is 29.6 Å². The topological polar surface area (TPSA) is 72.7 Å². The highest BCUT2D eigenvalue weighted by atomic mass is 32.1. The van der Waals surface area contributed by atoms with Gasteiger partial charge in [0.2, 0.25) is 5.91 Å². The standard InChI is InChI=1S/C15H17N5OS/c1-15(2,3)12-9-22-14(16-12)17-13(21)8-20-11-7-5-4-6-10(11)18-19-20/h4-7,9H,8H2,1-3H3,(H,16,17,21). The molecular formula is C15H17N5OS. The minimum atomic E-state index is -0.162. The fraction of sp³-hybridized carbons (Fsp3) is 0.333. The number of carbonyl (C=O) groups excluding carboxylic acids is 1. The maximum atomic E-state index is 12.1. The first kappa shape index (κ1) is 14.6. The Kier molecular flexibility index (Phi) is 3.66. The van der Waals surface area contributed by atoms with Crippen molar-refractivity contribution in [2.75, 3.05) is 5.32 Å². The summed E-state index contributed by atoms with van der Waals surface area (Å²) in [7, 11) is 0. The molecule has 0 fully saturated rings. The molecule has 6 nitrogen and oxygen atoms in total. The minimum absolute atomic E-state index is 0.0262. The van der Waals surface area contributed by atoms with Gasteiger partial charge >= 0.3 is 0 Å². The van der Waals surface area contributed by atoms with Crippen molar-refractivity contribution >= 4 is 33.4 Å². The van der Waals surface area contributed by atoms with E-state index in [0.29, 0.717) is 5.13 Å². The second-order valence-electron chi connectivity index (χ2n) is 6.07. The molecule has 0 aliphatic heterocycles. The van der Waals surface area contributed by atoms with Gasteiger partial charge in [0.25, 0.3) is 0 Å². The summed E-state index contributed by atoms with van der Waals surface area (Å²) in [5, 5.41) is 13.4. The van der Waals surface area contributed by atoms with Crippen LogP contribution in [0.2, 0.25) is 0 Å². The highest BCUT2D eigenvalue weighted by Gasteiger charge is 2.18. The summed E-state index contributed by atoms with van der Waals surface area (Å²) in [5.41, 5.74) is 2.56. The lowest BCUT2D eigenvalue weighted by Gasteiger charge is -2.14. The molecule has 0 bridgehead atoms. The molecular weight excluding hydrogens is 298 g/mol. The Labute approximate surface area is 132 Å². The third kappa shape index (κ3) is 2.99. The van der Waals surface area contributed by atoms with E-state index in [9.17, 15) is 4.79 Å². The average Bonchev–Trinajstić information content (AvgIpc) is 3.06. The van der Waals surface area contributed by atoms with Gasteiger partial charge in [-0.2, -0.15) is 0 Å². The summed E-state index contributed by atoms with van der Waals surface area (Å²) < 4.78 is 1.59. The van der Waals surface area contributed by atoms with Gasteiger partial charge in [-0.15, -0.1) is 16.4 Å². The van der Waals surface area contributed by atoms with Gasteiger partial charge in [0.05, 0.1) is 11.2 Å². The second-order valence-corrected chi connectivity index (χ2v) is 6.93. The van der Waals surface area contributed by atoms with Crippen molar-refractivity contribution in [3.63, 3.8) is 0 Å². The Hall–Kier alpha value is -2.28. The second kappa shape index (κ2) is 5.49. The van der Waals surface area contributed by atoms with E-state index >= 15 is 0 Å². The third-order valence-corrected chi connectivity index (χ3v) is 3.99. The zero-order chi connectivity index (χ0) is 15.7. The lowest BCUT2D eigenvalue weighted by Crippen LogP contribution is -2.20. The Morgan fingerprint density at radius 2 is 2.09 bits per heavy atom. The fourth-order valence-corrected chi connectivity index (χ4v) is 2.96. The van der Waals surface area contributed by atoms with E-state index in [-0.39, 0.29) is 17.9 Å². The molecule has 0 saturated carbocycles. The monoisotopic (exact) mass is 315 g/mol. The molecule has 0 radical (unpaired) electrons. The van der Waals surface area contributed by atoms with Crippen molar-refractivity contribution in [3.05, 3.63) is 35.3 Å². The fourth-order valence-electron chi connectivity index (χ4n) is 2.00. The predicted molar refractivity (Wildman–Crippen MR) is 87.0 cm³/mol. The highest BCUT2D eigenvalue weighted by Crippen LogP contribution is 2.26. The van der Waals surface area contributed by atoms with Crippen LogP contribution in [0.4, 0.5) is 5.13 Å². The van der Waals surface area contributed by atoms with E-state index in [1.165, 1.54) is 11.3 Å². The average molecular weight is 315 g/mol. The first-order valence-corrected chi connectivity index (χ1v) is 7.85. The Bertz CT molecular complexity index is 815. The van der Waals surface area contributed by atoms with Crippen LogP contribution in [0.5, 0.6) is 0 Å². The first-order valence-electron chi connectivity index (χ1n) is 6.97. The van der Waals surface area contributed by atoms with E-state index in [0.717, 1.165) is 16.7 Å². The minimum Gasteiger partial charge on any atom is -0.300 e. The number of thiazole rings is 1. The lowest BCUT2D eigenvalue weighted by atomic mass is 9.93. The number of rotatable bonds is 3. The largest absolute Gasteiger partial charge is 0.300 e. The molecule has 114 valence electrons. The van der Waals surface area contributed by atoms with Crippen LogP contribution in [-0.2, 0) is 16.8 Å². The Morgan fingerprint density at radius 1 is 1.32 bits per heavy atom. The number of amides is 1. The molecule has 1 aromatic carbocycles. The molecule has 2 heterocycles. The number of fused-ring (bicyclic) bond motifs is 1. The van der Waals surface area contributed by atoms with Crippen molar-refractivity contribution < 1.29 is 4.79 Å². The number of hydrogen-bond acceptors (Lipinski definition) is 5. The molecule has 3 rings (SSSR count). The van der Waals surface area contributed by atoms with E-state index in [2.05, 4.69) is 41.4 Å². The van der Waals surface area contributed by atoms with Crippen LogP contribution >= 0.6 is 11.3 Å². The number of carbonyl (C=O) groups is 1. The number of nitrogens with one attached hydrogen (secondary N) is 1. The van der Waals surface area contributed by atoms with E-state index in [1.807, 2.05) is 29.6 Å². The van der Waals surface area contributed by atoms with Gasteiger partial charge in [-0.25, -0.2) is 9.67 Å². The SMILES string of the molecule is CC(C)(C)c1csc(NC(=O)Cn2nnc3ccccc32)n1. The number of benzene rings is 1. The van der Waals surface area contributed by atoms with Gasteiger partial charge in [-0.3, -0.25) is 4.79 Å². The van der Waals surface area contributed by atoms with Crippen LogP contribution in [-0.4, -0.2) is 25.9 Å². The van der Waals surface area contributed by atoms with Gasteiger partial charge < -0.3 is 5.32 Å². The molecule has 0 saturated heterocycles. The van der Waals surface area contributed by atoms with Crippen LogP contribution in [0, 0.1) is 0 Å².